The predicted octanol–water partition coefficient (Wildman–Crippen LogP) is 5.70. The van der Waals surface area contributed by atoms with Gasteiger partial charge in [0.1, 0.15) is 12.0 Å². The number of aromatic amines is 1. The van der Waals surface area contributed by atoms with Gasteiger partial charge in [-0.15, -0.1) is 0 Å². The third-order valence-electron chi connectivity index (χ3n) is 4.91. The van der Waals surface area contributed by atoms with E-state index in [1.54, 1.807) is 6.20 Å². The maximum Gasteiger partial charge on any atom is 0.132 e. The molecule has 1 atom stereocenters. The third kappa shape index (κ3) is 4.57. The SMILES string of the molecule is CCC(C)(C)Cc1cnc(CC(F)c2ccc(-c3ccccn3)cc2)[nH]1. The molecule has 1 aromatic carbocycles. The van der Waals surface area contributed by atoms with Crippen LogP contribution in [0.15, 0.2) is 54.9 Å². The molecule has 2 aromatic heterocycles. The van der Waals surface area contributed by atoms with E-state index < -0.39 is 6.17 Å². The van der Waals surface area contributed by atoms with Crippen LogP contribution >= 0.6 is 0 Å². The van der Waals surface area contributed by atoms with Crippen LogP contribution < -0.4 is 0 Å². The van der Waals surface area contributed by atoms with Gasteiger partial charge in [-0.25, -0.2) is 9.37 Å². The zero-order chi connectivity index (χ0) is 18.6. The van der Waals surface area contributed by atoms with E-state index in [1.807, 2.05) is 48.7 Å². The first-order valence-corrected chi connectivity index (χ1v) is 9.15. The summed E-state index contributed by atoms with van der Waals surface area (Å²) >= 11 is 0. The molecule has 0 saturated carbocycles. The van der Waals surface area contributed by atoms with E-state index in [1.165, 1.54) is 0 Å². The average molecular weight is 351 g/mol. The Hall–Kier alpha value is -2.49. The maximum atomic E-state index is 14.7. The molecule has 0 spiro atoms. The zero-order valence-electron chi connectivity index (χ0n) is 15.7. The monoisotopic (exact) mass is 351 g/mol. The number of nitrogens with one attached hydrogen (secondary N) is 1. The second-order valence-corrected chi connectivity index (χ2v) is 7.56. The fraction of sp³-hybridized carbons (Fsp3) is 0.364. The number of benzene rings is 1. The maximum absolute atomic E-state index is 14.7. The Labute approximate surface area is 154 Å². The highest BCUT2D eigenvalue weighted by Crippen LogP contribution is 2.27. The normalized spacial score (nSPS) is 12.9. The minimum absolute atomic E-state index is 0.222. The van der Waals surface area contributed by atoms with Gasteiger partial charge in [-0.2, -0.15) is 0 Å². The molecule has 0 fully saturated rings. The van der Waals surface area contributed by atoms with Crippen molar-refractivity contribution in [3.8, 4) is 11.3 Å². The summed E-state index contributed by atoms with van der Waals surface area (Å²) < 4.78 is 14.7. The molecular formula is C22H26FN3. The fourth-order valence-electron chi connectivity index (χ4n) is 2.92. The molecule has 3 rings (SSSR count). The van der Waals surface area contributed by atoms with Gasteiger partial charge in [-0.1, -0.05) is 57.5 Å². The number of aromatic nitrogens is 3. The van der Waals surface area contributed by atoms with Crippen molar-refractivity contribution >= 4 is 0 Å². The quantitative estimate of drug-likeness (QED) is 0.593. The first-order valence-electron chi connectivity index (χ1n) is 9.15. The average Bonchev–Trinajstić information content (AvgIpc) is 3.08. The van der Waals surface area contributed by atoms with Crippen molar-refractivity contribution in [1.29, 1.82) is 0 Å². The molecule has 0 aliphatic carbocycles. The minimum Gasteiger partial charge on any atom is -0.346 e. The summed E-state index contributed by atoms with van der Waals surface area (Å²) in [5, 5.41) is 0. The number of nitrogens with zero attached hydrogens (tertiary/aromatic N) is 2. The van der Waals surface area contributed by atoms with E-state index in [2.05, 4.69) is 35.7 Å². The third-order valence-corrected chi connectivity index (χ3v) is 4.91. The lowest BCUT2D eigenvalue weighted by Gasteiger charge is -2.21. The molecule has 1 N–H and O–H groups in total. The molecule has 136 valence electrons. The second-order valence-electron chi connectivity index (χ2n) is 7.56. The van der Waals surface area contributed by atoms with Crippen molar-refractivity contribution in [3.63, 3.8) is 0 Å². The first kappa shape index (κ1) is 18.3. The Bertz CT molecular complexity index is 822. The van der Waals surface area contributed by atoms with Crippen LogP contribution in [0.1, 0.15) is 50.4 Å². The van der Waals surface area contributed by atoms with Crippen molar-refractivity contribution in [2.45, 2.75) is 46.2 Å². The van der Waals surface area contributed by atoms with Crippen molar-refractivity contribution in [2.75, 3.05) is 0 Å². The van der Waals surface area contributed by atoms with Crippen molar-refractivity contribution in [3.05, 3.63) is 71.9 Å². The van der Waals surface area contributed by atoms with Crippen molar-refractivity contribution in [2.24, 2.45) is 5.41 Å². The summed E-state index contributed by atoms with van der Waals surface area (Å²) in [5.41, 5.74) is 3.84. The van der Waals surface area contributed by atoms with Gasteiger partial charge in [-0.3, -0.25) is 4.98 Å². The Morgan fingerprint density at radius 1 is 1.08 bits per heavy atom. The van der Waals surface area contributed by atoms with Gasteiger partial charge in [0.25, 0.3) is 0 Å². The van der Waals surface area contributed by atoms with E-state index in [-0.39, 0.29) is 11.8 Å². The summed E-state index contributed by atoms with van der Waals surface area (Å²) in [6, 6.07) is 13.3. The summed E-state index contributed by atoms with van der Waals surface area (Å²) in [4.78, 5) is 12.0. The van der Waals surface area contributed by atoms with Crippen LogP contribution in [-0.4, -0.2) is 15.0 Å². The Balaban J connectivity index is 1.65. The molecule has 2 heterocycles. The predicted molar refractivity (Wildman–Crippen MR) is 104 cm³/mol. The van der Waals surface area contributed by atoms with E-state index in [9.17, 15) is 4.39 Å². The number of rotatable bonds is 7. The van der Waals surface area contributed by atoms with Gasteiger partial charge < -0.3 is 4.98 Å². The van der Waals surface area contributed by atoms with Crippen LogP contribution in [0.4, 0.5) is 4.39 Å². The highest BCUT2D eigenvalue weighted by molar-refractivity contribution is 5.59. The summed E-state index contributed by atoms with van der Waals surface area (Å²) in [5.74, 6) is 0.702. The zero-order valence-corrected chi connectivity index (χ0v) is 15.7. The van der Waals surface area contributed by atoms with E-state index in [0.29, 0.717) is 11.4 Å². The largest absolute Gasteiger partial charge is 0.346 e. The van der Waals surface area contributed by atoms with E-state index in [0.717, 1.165) is 29.8 Å². The molecule has 26 heavy (non-hydrogen) atoms. The lowest BCUT2D eigenvalue weighted by molar-refractivity contribution is 0.335. The highest BCUT2D eigenvalue weighted by atomic mass is 19.1. The Morgan fingerprint density at radius 3 is 2.50 bits per heavy atom. The molecule has 0 aliphatic rings. The first-order chi connectivity index (χ1) is 12.5. The minimum atomic E-state index is -1.08. The van der Waals surface area contributed by atoms with Gasteiger partial charge in [0.2, 0.25) is 0 Å². The lowest BCUT2D eigenvalue weighted by Crippen LogP contribution is -2.13. The Kier molecular flexibility index (Phi) is 5.50. The molecule has 0 saturated heterocycles. The summed E-state index contributed by atoms with van der Waals surface area (Å²) in [6.45, 7) is 6.65. The van der Waals surface area contributed by atoms with Crippen LogP contribution in [0.5, 0.6) is 0 Å². The smallest absolute Gasteiger partial charge is 0.132 e. The van der Waals surface area contributed by atoms with E-state index >= 15 is 0 Å². The van der Waals surface area contributed by atoms with Gasteiger partial charge in [0.05, 0.1) is 5.69 Å². The van der Waals surface area contributed by atoms with Gasteiger partial charge in [-0.05, 0) is 29.5 Å². The molecular weight excluding hydrogens is 325 g/mol. The topological polar surface area (TPSA) is 41.6 Å². The number of halogens is 1. The molecule has 0 radical (unpaired) electrons. The molecule has 3 nitrogen and oxygen atoms in total. The second kappa shape index (κ2) is 7.81. The molecule has 0 amide bonds. The van der Waals surface area contributed by atoms with Crippen molar-refractivity contribution in [1.82, 2.24) is 15.0 Å². The summed E-state index contributed by atoms with van der Waals surface area (Å²) in [7, 11) is 0. The number of hydrogen-bond acceptors (Lipinski definition) is 2. The molecule has 1 unspecified atom stereocenters. The van der Waals surface area contributed by atoms with Crippen molar-refractivity contribution < 1.29 is 4.39 Å². The molecule has 3 aromatic rings. The van der Waals surface area contributed by atoms with Crippen LogP contribution in [-0.2, 0) is 12.8 Å². The number of hydrogen-bond donors (Lipinski definition) is 1. The number of alkyl halides is 1. The van der Waals surface area contributed by atoms with Crippen LogP contribution in [0.3, 0.4) is 0 Å². The number of H-pyrrole nitrogens is 1. The van der Waals surface area contributed by atoms with Crippen LogP contribution in [0.25, 0.3) is 11.3 Å². The summed E-state index contributed by atoms with van der Waals surface area (Å²) in [6.07, 6.45) is 4.79. The highest BCUT2D eigenvalue weighted by Gasteiger charge is 2.18. The number of pyridine rings is 1. The lowest BCUT2D eigenvalue weighted by atomic mass is 9.85. The molecule has 0 aliphatic heterocycles. The molecule has 0 bridgehead atoms. The standard InChI is InChI=1S/C22H26FN3/c1-4-22(2,3)14-18-15-25-21(26-18)13-19(23)16-8-10-17(11-9-16)20-7-5-6-12-24-20/h5-12,15,19H,4,13-14H2,1-3H3,(H,25,26). The van der Waals surface area contributed by atoms with Crippen LogP contribution in [0.2, 0.25) is 0 Å². The van der Waals surface area contributed by atoms with Gasteiger partial charge >= 0.3 is 0 Å². The Morgan fingerprint density at radius 2 is 1.85 bits per heavy atom. The van der Waals surface area contributed by atoms with E-state index in [4.69, 9.17) is 0 Å². The fourth-order valence-corrected chi connectivity index (χ4v) is 2.92. The van der Waals surface area contributed by atoms with Gasteiger partial charge in [0.15, 0.2) is 0 Å². The molecule has 4 heteroatoms. The van der Waals surface area contributed by atoms with Crippen LogP contribution in [0, 0.1) is 5.41 Å². The number of imidazole rings is 1. The van der Waals surface area contributed by atoms with Gasteiger partial charge in [0, 0.05) is 30.1 Å².